The van der Waals surface area contributed by atoms with E-state index in [4.69, 9.17) is 0 Å². The molecule has 2 rings (SSSR count). The summed E-state index contributed by atoms with van der Waals surface area (Å²) in [5, 5.41) is 22.1. The van der Waals surface area contributed by atoms with Crippen LogP contribution in [0.25, 0.3) is 0 Å². The fraction of sp³-hybridized carbons (Fsp3) is 0.273. The minimum atomic E-state index is -0.459. The molecule has 0 fully saturated rings. The predicted octanol–water partition coefficient (Wildman–Crippen LogP) is 1.05. The van der Waals surface area contributed by atoms with E-state index in [2.05, 4.69) is 20.3 Å². The molecule has 0 saturated heterocycles. The lowest BCUT2D eigenvalue weighted by molar-refractivity contribution is -0.384. The minimum absolute atomic E-state index is 0.0299. The summed E-state index contributed by atoms with van der Waals surface area (Å²) in [4.78, 5) is 21.5. The average molecular weight is 309 g/mol. The molecule has 0 spiro atoms. The first-order valence-corrected chi connectivity index (χ1v) is 6.78. The second kappa shape index (κ2) is 6.79. The highest BCUT2D eigenvalue weighted by Gasteiger charge is 2.12. The predicted molar refractivity (Wildman–Crippen MR) is 72.5 cm³/mol. The largest absolute Gasteiger partial charge is 0.468 e. The molecule has 0 aliphatic carbocycles. The third kappa shape index (κ3) is 3.99. The fourth-order valence-corrected chi connectivity index (χ4v) is 2.31. The molecule has 21 heavy (non-hydrogen) atoms. The van der Waals surface area contributed by atoms with Gasteiger partial charge in [-0.2, -0.15) is 0 Å². The molecule has 1 aromatic heterocycles. The van der Waals surface area contributed by atoms with Crippen LogP contribution in [0.4, 0.5) is 5.69 Å². The van der Waals surface area contributed by atoms with Crippen LogP contribution >= 0.6 is 11.8 Å². The third-order valence-electron chi connectivity index (χ3n) is 2.49. The molecule has 0 amide bonds. The van der Waals surface area contributed by atoms with Crippen molar-refractivity contribution >= 4 is 23.4 Å². The molecule has 9 nitrogen and oxygen atoms in total. The summed E-state index contributed by atoms with van der Waals surface area (Å²) in [6.07, 6.45) is 0. The van der Waals surface area contributed by atoms with E-state index < -0.39 is 10.9 Å². The van der Waals surface area contributed by atoms with Gasteiger partial charge in [-0.15, -0.1) is 5.10 Å². The molecule has 1 heterocycles. The first kappa shape index (κ1) is 14.9. The molecule has 0 radical (unpaired) electrons. The van der Waals surface area contributed by atoms with Gasteiger partial charge in [0.15, 0.2) is 0 Å². The number of carbonyl (C=O) groups is 1. The Morgan fingerprint density at radius 2 is 2.33 bits per heavy atom. The topological polar surface area (TPSA) is 113 Å². The van der Waals surface area contributed by atoms with E-state index in [1.54, 1.807) is 12.1 Å². The van der Waals surface area contributed by atoms with Crippen LogP contribution in [-0.2, 0) is 21.8 Å². The zero-order valence-corrected chi connectivity index (χ0v) is 11.8. The van der Waals surface area contributed by atoms with Gasteiger partial charge in [0.2, 0.25) is 5.16 Å². The summed E-state index contributed by atoms with van der Waals surface area (Å²) >= 11 is 1.28. The molecule has 0 aliphatic rings. The number of nitrogens with zero attached hydrogens (tertiary/aromatic N) is 5. The molecule has 0 saturated carbocycles. The van der Waals surface area contributed by atoms with Crippen molar-refractivity contribution in [3.8, 4) is 0 Å². The summed E-state index contributed by atoms with van der Waals surface area (Å²) in [5.74, 6) is -0.0112. The summed E-state index contributed by atoms with van der Waals surface area (Å²) in [6, 6.07) is 6.30. The Morgan fingerprint density at radius 3 is 3.05 bits per heavy atom. The van der Waals surface area contributed by atoms with E-state index in [-0.39, 0.29) is 12.2 Å². The number of thioether (sulfide) groups is 1. The lowest BCUT2D eigenvalue weighted by Crippen LogP contribution is -2.13. The number of aromatic nitrogens is 4. The minimum Gasteiger partial charge on any atom is -0.468 e. The van der Waals surface area contributed by atoms with Crippen molar-refractivity contribution in [3.63, 3.8) is 0 Å². The standard InChI is InChI=1S/C11H11N5O4S/c1-20-10(17)6-15-11(12-13-14-15)21-7-8-3-2-4-9(5-8)16(18)19/h2-5H,6-7H2,1H3. The van der Waals surface area contributed by atoms with Crippen molar-refractivity contribution in [2.75, 3.05) is 7.11 Å². The Bertz CT molecular complexity index is 660. The fourth-order valence-electron chi connectivity index (χ4n) is 1.49. The normalized spacial score (nSPS) is 10.3. The number of esters is 1. The number of tetrazole rings is 1. The zero-order valence-electron chi connectivity index (χ0n) is 11.0. The number of ether oxygens (including phenoxy) is 1. The molecule has 0 N–H and O–H groups in total. The Hall–Kier alpha value is -2.49. The van der Waals surface area contributed by atoms with Crippen molar-refractivity contribution in [2.45, 2.75) is 17.5 Å². The molecule has 110 valence electrons. The van der Waals surface area contributed by atoms with Crippen molar-refractivity contribution in [1.82, 2.24) is 20.2 Å². The maximum atomic E-state index is 11.2. The Morgan fingerprint density at radius 1 is 1.52 bits per heavy atom. The second-order valence-corrected chi connectivity index (χ2v) is 4.85. The van der Waals surface area contributed by atoms with Gasteiger partial charge in [0.1, 0.15) is 6.54 Å². The molecular formula is C11H11N5O4S. The highest BCUT2D eigenvalue weighted by molar-refractivity contribution is 7.98. The van der Waals surface area contributed by atoms with Gasteiger partial charge in [-0.25, -0.2) is 4.68 Å². The van der Waals surface area contributed by atoms with Gasteiger partial charge >= 0.3 is 5.97 Å². The highest BCUT2D eigenvalue weighted by Crippen LogP contribution is 2.22. The number of hydrogen-bond acceptors (Lipinski definition) is 8. The molecular weight excluding hydrogens is 298 g/mol. The van der Waals surface area contributed by atoms with Crippen LogP contribution in [-0.4, -0.2) is 38.2 Å². The summed E-state index contributed by atoms with van der Waals surface area (Å²) in [7, 11) is 1.28. The number of nitro groups is 1. The van der Waals surface area contributed by atoms with Crippen molar-refractivity contribution in [1.29, 1.82) is 0 Å². The lowest BCUT2D eigenvalue weighted by Gasteiger charge is -2.03. The van der Waals surface area contributed by atoms with E-state index >= 15 is 0 Å². The maximum Gasteiger partial charge on any atom is 0.327 e. The van der Waals surface area contributed by atoms with Crippen LogP contribution in [0.2, 0.25) is 0 Å². The number of nitro benzene ring substituents is 1. The lowest BCUT2D eigenvalue weighted by atomic mass is 10.2. The van der Waals surface area contributed by atoms with E-state index in [1.807, 2.05) is 0 Å². The number of hydrogen-bond donors (Lipinski definition) is 0. The number of benzene rings is 1. The monoisotopic (exact) mass is 309 g/mol. The number of carbonyl (C=O) groups excluding carboxylic acids is 1. The van der Waals surface area contributed by atoms with Crippen molar-refractivity contribution in [2.24, 2.45) is 0 Å². The van der Waals surface area contributed by atoms with Crippen LogP contribution < -0.4 is 0 Å². The Labute approximate surface area is 123 Å². The first-order chi connectivity index (χ1) is 10.1. The van der Waals surface area contributed by atoms with Gasteiger partial charge < -0.3 is 4.74 Å². The summed E-state index contributed by atoms with van der Waals surface area (Å²) < 4.78 is 5.86. The number of non-ortho nitro benzene ring substituents is 1. The van der Waals surface area contributed by atoms with Gasteiger partial charge in [0.05, 0.1) is 12.0 Å². The second-order valence-electron chi connectivity index (χ2n) is 3.91. The Balaban J connectivity index is 2.03. The van der Waals surface area contributed by atoms with Gasteiger partial charge in [-0.05, 0) is 16.0 Å². The SMILES string of the molecule is COC(=O)Cn1nnnc1SCc1cccc([N+](=O)[O-])c1. The molecule has 0 aliphatic heterocycles. The third-order valence-corrected chi connectivity index (χ3v) is 3.52. The van der Waals surface area contributed by atoms with Crippen molar-refractivity contribution in [3.05, 3.63) is 39.9 Å². The number of methoxy groups -OCH3 is 1. The number of rotatable bonds is 6. The Kier molecular flexibility index (Phi) is 4.82. The maximum absolute atomic E-state index is 11.2. The molecule has 2 aromatic rings. The van der Waals surface area contributed by atoms with Gasteiger partial charge in [0.25, 0.3) is 5.69 Å². The van der Waals surface area contributed by atoms with Gasteiger partial charge in [-0.3, -0.25) is 14.9 Å². The first-order valence-electron chi connectivity index (χ1n) is 5.79. The van der Waals surface area contributed by atoms with Crippen LogP contribution in [0.15, 0.2) is 29.4 Å². The van der Waals surface area contributed by atoms with Crippen molar-refractivity contribution < 1.29 is 14.5 Å². The van der Waals surface area contributed by atoms with Crippen LogP contribution in [0, 0.1) is 10.1 Å². The summed E-state index contributed by atoms with van der Waals surface area (Å²) in [6.45, 7) is -0.0826. The average Bonchev–Trinajstić information content (AvgIpc) is 2.92. The van der Waals surface area contributed by atoms with E-state index in [0.717, 1.165) is 5.56 Å². The van der Waals surface area contributed by atoms with E-state index in [1.165, 1.54) is 35.7 Å². The zero-order chi connectivity index (χ0) is 15.2. The summed E-state index contributed by atoms with van der Waals surface area (Å²) in [5.41, 5.74) is 0.795. The van der Waals surface area contributed by atoms with Gasteiger partial charge in [0, 0.05) is 17.9 Å². The molecule has 1 aromatic carbocycles. The van der Waals surface area contributed by atoms with E-state index in [9.17, 15) is 14.9 Å². The van der Waals surface area contributed by atoms with Crippen LogP contribution in [0.5, 0.6) is 0 Å². The van der Waals surface area contributed by atoms with Crippen LogP contribution in [0.1, 0.15) is 5.56 Å². The highest BCUT2D eigenvalue weighted by atomic mass is 32.2. The van der Waals surface area contributed by atoms with Gasteiger partial charge in [-0.1, -0.05) is 23.9 Å². The quantitative estimate of drug-likeness (QED) is 0.337. The van der Waals surface area contributed by atoms with E-state index in [0.29, 0.717) is 10.9 Å². The smallest absolute Gasteiger partial charge is 0.327 e. The van der Waals surface area contributed by atoms with Crippen LogP contribution in [0.3, 0.4) is 0 Å². The molecule has 0 unspecified atom stereocenters. The molecule has 0 bridgehead atoms. The molecule has 0 atom stereocenters. The molecule has 10 heteroatoms.